The molecule has 0 bridgehead atoms. The number of amides is 1. The Balaban J connectivity index is 3.67. The maximum Gasteiger partial charge on any atom is 0.225 e. The zero-order chi connectivity index (χ0) is 10.5. The van der Waals surface area contributed by atoms with Crippen molar-refractivity contribution in [3.05, 3.63) is 0 Å². The Kier molecular flexibility index (Phi) is 5.21. The second-order valence-electron chi connectivity index (χ2n) is 3.94. The average Bonchev–Trinajstić information content (AvgIpc) is 2.02. The number of hydrogen-bond acceptors (Lipinski definition) is 2. The van der Waals surface area contributed by atoms with Crippen molar-refractivity contribution in [3.63, 3.8) is 0 Å². The van der Waals surface area contributed by atoms with Crippen molar-refractivity contribution in [2.75, 3.05) is 18.1 Å². The minimum Gasteiger partial charge on any atom is -0.355 e. The molecule has 0 saturated heterocycles. The molecule has 3 nitrogen and oxygen atoms in total. The smallest absolute Gasteiger partial charge is 0.225 e. The van der Waals surface area contributed by atoms with E-state index < -0.39 is 10.8 Å². The normalized spacial score (nSPS) is 13.8. The molecule has 4 heteroatoms. The Hall–Kier alpha value is -0.380. The summed E-state index contributed by atoms with van der Waals surface area (Å²) >= 11 is 0. The molecule has 0 saturated carbocycles. The summed E-state index contributed by atoms with van der Waals surface area (Å²) in [5, 5.41) is 2.76. The van der Waals surface area contributed by atoms with Crippen LogP contribution in [0.3, 0.4) is 0 Å². The first-order chi connectivity index (χ1) is 5.88. The molecule has 1 atom stereocenters. The number of hydrogen-bond donors (Lipinski definition) is 1. The fourth-order valence-corrected chi connectivity index (χ4v) is 1.31. The zero-order valence-corrected chi connectivity index (χ0v) is 9.66. The van der Waals surface area contributed by atoms with Gasteiger partial charge in [0.2, 0.25) is 5.91 Å². The van der Waals surface area contributed by atoms with E-state index in [4.69, 9.17) is 0 Å². The minimum absolute atomic E-state index is 0.0144. The highest BCUT2D eigenvalue weighted by Crippen LogP contribution is 2.11. The molecule has 0 aliphatic rings. The third-order valence-electron chi connectivity index (χ3n) is 1.62. The van der Waals surface area contributed by atoms with Crippen LogP contribution in [-0.4, -0.2) is 28.2 Å². The molecule has 0 heterocycles. The van der Waals surface area contributed by atoms with Gasteiger partial charge in [-0.1, -0.05) is 27.7 Å². The van der Waals surface area contributed by atoms with Crippen molar-refractivity contribution >= 4 is 16.7 Å². The fourth-order valence-electron chi connectivity index (χ4n) is 0.688. The third-order valence-corrected chi connectivity index (χ3v) is 2.92. The van der Waals surface area contributed by atoms with Crippen molar-refractivity contribution in [2.45, 2.75) is 27.7 Å². The van der Waals surface area contributed by atoms with Crippen molar-refractivity contribution in [1.82, 2.24) is 5.32 Å². The van der Waals surface area contributed by atoms with E-state index in [2.05, 4.69) is 5.32 Å². The van der Waals surface area contributed by atoms with E-state index in [1.54, 1.807) is 0 Å². The van der Waals surface area contributed by atoms with Crippen molar-refractivity contribution in [3.8, 4) is 0 Å². The molecule has 1 unspecified atom stereocenters. The predicted octanol–water partition coefficient (Wildman–Crippen LogP) is 0.917. The lowest BCUT2D eigenvalue weighted by Crippen LogP contribution is -2.37. The van der Waals surface area contributed by atoms with E-state index >= 15 is 0 Å². The molecule has 0 aromatic carbocycles. The van der Waals surface area contributed by atoms with Crippen LogP contribution in [0.15, 0.2) is 0 Å². The molecule has 0 aromatic heterocycles. The molecule has 0 aromatic rings. The summed E-state index contributed by atoms with van der Waals surface area (Å²) in [5.41, 5.74) is -0.353. The van der Waals surface area contributed by atoms with Crippen LogP contribution in [0.5, 0.6) is 0 Å². The lowest BCUT2D eigenvalue weighted by atomic mass is 9.96. The number of carbonyl (C=O) groups excluding carboxylic acids is 1. The van der Waals surface area contributed by atoms with Gasteiger partial charge in [0.1, 0.15) is 0 Å². The SMILES string of the molecule is CCS(=O)CCNC(=O)C(C)(C)C. The molecule has 0 aliphatic heterocycles. The Bertz CT molecular complexity index is 196. The maximum atomic E-state index is 11.3. The lowest BCUT2D eigenvalue weighted by molar-refractivity contribution is -0.128. The Morgan fingerprint density at radius 3 is 2.31 bits per heavy atom. The fraction of sp³-hybridized carbons (Fsp3) is 0.889. The van der Waals surface area contributed by atoms with Crippen LogP contribution in [-0.2, 0) is 15.6 Å². The summed E-state index contributed by atoms with van der Waals surface area (Å²) in [5.74, 6) is 1.23. The van der Waals surface area contributed by atoms with Crippen LogP contribution in [0, 0.1) is 5.41 Å². The predicted molar refractivity (Wildman–Crippen MR) is 56.0 cm³/mol. The van der Waals surface area contributed by atoms with Gasteiger partial charge in [-0.15, -0.1) is 0 Å². The monoisotopic (exact) mass is 205 g/mol. The summed E-state index contributed by atoms with van der Waals surface area (Å²) in [7, 11) is -0.785. The average molecular weight is 205 g/mol. The second-order valence-corrected chi connectivity index (χ2v) is 5.80. The van der Waals surface area contributed by atoms with Crippen molar-refractivity contribution < 1.29 is 9.00 Å². The summed E-state index contributed by atoms with van der Waals surface area (Å²) < 4.78 is 11.0. The topological polar surface area (TPSA) is 46.2 Å². The Morgan fingerprint density at radius 1 is 1.38 bits per heavy atom. The van der Waals surface area contributed by atoms with Crippen molar-refractivity contribution in [2.24, 2.45) is 5.41 Å². The van der Waals surface area contributed by atoms with Gasteiger partial charge in [-0.3, -0.25) is 9.00 Å². The van der Waals surface area contributed by atoms with Crippen molar-refractivity contribution in [1.29, 1.82) is 0 Å². The van der Waals surface area contributed by atoms with E-state index in [-0.39, 0.29) is 11.3 Å². The van der Waals surface area contributed by atoms with Gasteiger partial charge in [0.15, 0.2) is 0 Å². The van der Waals surface area contributed by atoms with Crippen LogP contribution in [0.25, 0.3) is 0 Å². The quantitative estimate of drug-likeness (QED) is 0.741. The summed E-state index contributed by atoms with van der Waals surface area (Å²) in [6, 6.07) is 0. The van der Waals surface area contributed by atoms with E-state index in [1.807, 2.05) is 27.7 Å². The highest BCUT2D eigenvalue weighted by Gasteiger charge is 2.20. The Morgan fingerprint density at radius 2 is 1.92 bits per heavy atom. The summed E-state index contributed by atoms with van der Waals surface area (Å²) in [6.45, 7) is 7.97. The molecule has 0 radical (unpaired) electrons. The standard InChI is InChI=1S/C9H19NO2S/c1-5-13(12)7-6-10-8(11)9(2,3)4/h5-7H2,1-4H3,(H,10,11). The van der Waals surface area contributed by atoms with Gasteiger partial charge in [0.25, 0.3) is 0 Å². The first-order valence-electron chi connectivity index (χ1n) is 4.51. The van der Waals surface area contributed by atoms with Gasteiger partial charge in [0.05, 0.1) is 0 Å². The van der Waals surface area contributed by atoms with Gasteiger partial charge in [0, 0.05) is 34.3 Å². The molecule has 13 heavy (non-hydrogen) atoms. The first kappa shape index (κ1) is 12.6. The summed E-state index contributed by atoms with van der Waals surface area (Å²) in [4.78, 5) is 11.3. The minimum atomic E-state index is -0.785. The highest BCUT2D eigenvalue weighted by molar-refractivity contribution is 7.84. The van der Waals surface area contributed by atoms with E-state index in [9.17, 15) is 9.00 Å². The van der Waals surface area contributed by atoms with E-state index in [1.165, 1.54) is 0 Å². The molecular weight excluding hydrogens is 186 g/mol. The largest absolute Gasteiger partial charge is 0.355 e. The van der Waals surface area contributed by atoms with Crippen LogP contribution < -0.4 is 5.32 Å². The highest BCUT2D eigenvalue weighted by atomic mass is 32.2. The molecule has 0 fully saturated rings. The molecule has 0 rings (SSSR count). The van der Waals surface area contributed by atoms with Gasteiger partial charge in [-0.2, -0.15) is 0 Å². The molecular formula is C9H19NO2S. The van der Waals surface area contributed by atoms with Crippen LogP contribution >= 0.6 is 0 Å². The third kappa shape index (κ3) is 5.80. The van der Waals surface area contributed by atoms with Crippen LogP contribution in [0.2, 0.25) is 0 Å². The summed E-state index contributed by atoms with van der Waals surface area (Å²) in [6.07, 6.45) is 0. The number of rotatable bonds is 4. The zero-order valence-electron chi connectivity index (χ0n) is 8.85. The van der Waals surface area contributed by atoms with Gasteiger partial charge in [-0.25, -0.2) is 0 Å². The van der Waals surface area contributed by atoms with Gasteiger partial charge >= 0.3 is 0 Å². The number of nitrogens with one attached hydrogen (secondary N) is 1. The molecule has 78 valence electrons. The maximum absolute atomic E-state index is 11.3. The molecule has 1 amide bonds. The van der Waals surface area contributed by atoms with Gasteiger partial charge < -0.3 is 5.32 Å². The van der Waals surface area contributed by atoms with E-state index in [0.717, 1.165) is 0 Å². The van der Waals surface area contributed by atoms with Gasteiger partial charge in [-0.05, 0) is 0 Å². The van der Waals surface area contributed by atoms with E-state index in [0.29, 0.717) is 18.1 Å². The molecule has 1 N–H and O–H groups in total. The first-order valence-corrected chi connectivity index (χ1v) is 6.00. The van der Waals surface area contributed by atoms with Crippen LogP contribution in [0.1, 0.15) is 27.7 Å². The molecule has 0 spiro atoms. The lowest BCUT2D eigenvalue weighted by Gasteiger charge is -2.17. The Labute approximate surface area is 82.7 Å². The van der Waals surface area contributed by atoms with Crippen LogP contribution in [0.4, 0.5) is 0 Å². The number of carbonyl (C=O) groups is 1. The second kappa shape index (κ2) is 5.37. The molecule has 0 aliphatic carbocycles.